The van der Waals surface area contributed by atoms with Gasteiger partial charge in [-0.3, -0.25) is 0 Å². The van der Waals surface area contributed by atoms with E-state index in [1.54, 1.807) is 14.2 Å². The second kappa shape index (κ2) is 6.41. The number of hydrogen-bond donors (Lipinski definition) is 0. The van der Waals surface area contributed by atoms with E-state index >= 15 is 0 Å². The van der Waals surface area contributed by atoms with Crippen molar-refractivity contribution >= 4 is 91.7 Å². The molecule has 0 N–H and O–H groups in total. The zero-order chi connectivity index (χ0) is 19.0. The summed E-state index contributed by atoms with van der Waals surface area (Å²) in [5.74, 6) is 0. The van der Waals surface area contributed by atoms with E-state index in [2.05, 4.69) is 53.2 Å². The van der Waals surface area contributed by atoms with Gasteiger partial charge >= 0.3 is 176 Å². The number of aryl methyl sites for hydroxylation is 4. The molecule has 26 heavy (non-hydrogen) atoms. The van der Waals surface area contributed by atoms with Crippen LogP contribution in [0.1, 0.15) is 27.1 Å². The molecule has 4 aromatic heterocycles. The van der Waals surface area contributed by atoms with Gasteiger partial charge in [0.1, 0.15) is 0 Å². The van der Waals surface area contributed by atoms with E-state index in [-0.39, 0.29) is 0 Å². The fourth-order valence-electron chi connectivity index (χ4n) is 3.55. The van der Waals surface area contributed by atoms with Gasteiger partial charge in [0.15, 0.2) is 0 Å². The zero-order valence-electron chi connectivity index (χ0n) is 16.0. The van der Waals surface area contributed by atoms with E-state index in [1.807, 2.05) is 29.6 Å². The van der Waals surface area contributed by atoms with Crippen molar-refractivity contribution in [2.24, 2.45) is 0 Å². The molecule has 1 nitrogen and oxygen atoms in total. The summed E-state index contributed by atoms with van der Waals surface area (Å²) < 4.78 is 7.24. The number of thiophene rings is 4. The summed E-state index contributed by atoms with van der Waals surface area (Å²) >= 11 is 5.41. The molecule has 4 rings (SSSR count). The summed E-state index contributed by atoms with van der Waals surface area (Å²) in [6.45, 7) is 8.87. The SMILES string of the molecule is Cc1c([C-]=O)sc2c(C)c(-c3sc4c(C)[c]([Sn]([CH3])([CH3])[CH3])sc4c3C)sc12. The Morgan fingerprint density at radius 3 is 1.54 bits per heavy atom. The second-order valence-corrected chi connectivity index (χ2v) is 27.3. The maximum atomic E-state index is 11.1. The fraction of sp³-hybridized carbons (Fsp3) is 0.350. The quantitative estimate of drug-likeness (QED) is 0.206. The summed E-state index contributed by atoms with van der Waals surface area (Å²) in [5, 5.41) is 0. The van der Waals surface area contributed by atoms with E-state index in [9.17, 15) is 4.79 Å². The molecular formula is C20H21OS4Sn-. The molecule has 4 aromatic rings. The van der Waals surface area contributed by atoms with Crippen LogP contribution in [0, 0.1) is 27.7 Å². The summed E-state index contributed by atoms with van der Waals surface area (Å²) in [6, 6.07) is 0. The van der Waals surface area contributed by atoms with Gasteiger partial charge in [-0.25, -0.2) is 0 Å². The van der Waals surface area contributed by atoms with Crippen LogP contribution < -0.4 is 2.89 Å². The van der Waals surface area contributed by atoms with Gasteiger partial charge in [0.05, 0.1) is 0 Å². The first-order valence-electron chi connectivity index (χ1n) is 8.59. The van der Waals surface area contributed by atoms with E-state index in [0.29, 0.717) is 0 Å². The molecule has 0 amide bonds. The molecule has 4 heterocycles. The molecule has 0 radical (unpaired) electrons. The van der Waals surface area contributed by atoms with Crippen LogP contribution in [0.4, 0.5) is 0 Å². The minimum absolute atomic E-state index is 0.753. The minimum atomic E-state index is -2.06. The van der Waals surface area contributed by atoms with Crippen molar-refractivity contribution in [3.05, 3.63) is 27.1 Å². The molecular weight excluding hydrogens is 503 g/mol. The van der Waals surface area contributed by atoms with E-state index in [0.717, 1.165) is 10.4 Å². The Hall–Kier alpha value is -0.211. The van der Waals surface area contributed by atoms with Crippen LogP contribution in [-0.2, 0) is 4.79 Å². The monoisotopic (exact) mass is 525 g/mol. The van der Waals surface area contributed by atoms with Crippen molar-refractivity contribution in [3.8, 4) is 9.75 Å². The maximum absolute atomic E-state index is 11.1. The summed E-state index contributed by atoms with van der Waals surface area (Å²) in [7, 11) is 0. The Bertz CT molecular complexity index is 1180. The second-order valence-electron chi connectivity index (χ2n) is 7.89. The van der Waals surface area contributed by atoms with Crippen molar-refractivity contribution in [2.75, 3.05) is 0 Å². The zero-order valence-corrected chi connectivity index (χ0v) is 22.2. The van der Waals surface area contributed by atoms with Crippen LogP contribution in [0.5, 0.6) is 0 Å². The Morgan fingerprint density at radius 1 is 0.654 bits per heavy atom. The first-order chi connectivity index (χ1) is 12.1. The predicted molar refractivity (Wildman–Crippen MR) is 125 cm³/mol. The molecule has 0 bridgehead atoms. The summed E-state index contributed by atoms with van der Waals surface area (Å²) in [5.41, 5.74) is 5.40. The van der Waals surface area contributed by atoms with E-state index in [1.165, 1.54) is 45.2 Å². The molecule has 0 saturated heterocycles. The molecule has 0 aliphatic carbocycles. The van der Waals surface area contributed by atoms with Gasteiger partial charge < -0.3 is 0 Å². The predicted octanol–water partition coefficient (Wildman–Crippen LogP) is 7.14. The molecule has 136 valence electrons. The third kappa shape index (κ3) is 2.69. The number of carbonyl (C=O) groups excluding carboxylic acids is 1. The van der Waals surface area contributed by atoms with Gasteiger partial charge in [0.2, 0.25) is 0 Å². The normalized spacial score (nSPS) is 12.6. The van der Waals surface area contributed by atoms with Crippen LogP contribution in [0.25, 0.3) is 28.6 Å². The molecule has 0 saturated carbocycles. The number of rotatable bonds is 3. The van der Waals surface area contributed by atoms with Crippen LogP contribution in [-0.4, -0.2) is 24.7 Å². The van der Waals surface area contributed by atoms with Gasteiger partial charge in [0.25, 0.3) is 0 Å². The first-order valence-corrected chi connectivity index (χ1v) is 21.8. The van der Waals surface area contributed by atoms with Gasteiger partial charge in [-0.15, -0.1) is 0 Å². The van der Waals surface area contributed by atoms with Crippen LogP contribution in [0.2, 0.25) is 14.8 Å². The van der Waals surface area contributed by atoms with Crippen molar-refractivity contribution in [1.82, 2.24) is 0 Å². The van der Waals surface area contributed by atoms with Gasteiger partial charge in [-0.1, -0.05) is 0 Å². The van der Waals surface area contributed by atoms with Crippen LogP contribution >= 0.6 is 45.3 Å². The molecule has 0 aromatic carbocycles. The van der Waals surface area contributed by atoms with Crippen molar-refractivity contribution < 1.29 is 4.79 Å². The van der Waals surface area contributed by atoms with E-state index in [4.69, 9.17) is 0 Å². The topological polar surface area (TPSA) is 17.1 Å². The Morgan fingerprint density at radius 2 is 1.12 bits per heavy atom. The Kier molecular flexibility index (Phi) is 4.71. The van der Waals surface area contributed by atoms with Gasteiger partial charge in [-0.2, -0.15) is 0 Å². The third-order valence-electron chi connectivity index (χ3n) is 4.93. The average molecular weight is 524 g/mol. The first kappa shape index (κ1) is 19.1. The summed E-state index contributed by atoms with van der Waals surface area (Å²) in [6.07, 6.45) is 2.10. The van der Waals surface area contributed by atoms with Crippen LogP contribution in [0.15, 0.2) is 0 Å². The van der Waals surface area contributed by atoms with Gasteiger partial charge in [-0.05, 0) is 0 Å². The number of fused-ring (bicyclic) bond motifs is 2. The molecule has 0 atom stereocenters. The standard InChI is InChI=1S/C17H12OS4.3CH3.Sn/c1-7-6-19-13-9(3)16(21-12(7)13)17-10(4)15-14(22-17)8(2)11(5-18)20-15;;;;/h1-4H3;3*1H3;/q-1;;;;. The molecule has 0 unspecified atom stereocenters. The molecule has 0 spiro atoms. The molecule has 0 aliphatic heterocycles. The average Bonchev–Trinajstić information content (AvgIpc) is 3.24. The van der Waals surface area contributed by atoms with E-state index < -0.39 is 18.4 Å². The molecule has 6 heteroatoms. The Labute approximate surface area is 174 Å². The van der Waals surface area contributed by atoms with Crippen molar-refractivity contribution in [3.63, 3.8) is 0 Å². The third-order valence-corrected chi connectivity index (χ3v) is 20.7. The van der Waals surface area contributed by atoms with Gasteiger partial charge in [0, 0.05) is 0 Å². The fourth-order valence-corrected chi connectivity index (χ4v) is 16.6. The number of hydrogen-bond acceptors (Lipinski definition) is 5. The van der Waals surface area contributed by atoms with Crippen molar-refractivity contribution in [2.45, 2.75) is 42.5 Å². The van der Waals surface area contributed by atoms with Crippen molar-refractivity contribution in [1.29, 1.82) is 0 Å². The Balaban J connectivity index is 1.95. The molecule has 0 fully saturated rings. The van der Waals surface area contributed by atoms with Crippen LogP contribution in [0.3, 0.4) is 0 Å². The molecule has 0 aliphatic rings. The summed E-state index contributed by atoms with van der Waals surface area (Å²) in [4.78, 5) is 22.2.